The number of anilines is 1. The van der Waals surface area contributed by atoms with E-state index in [1.54, 1.807) is 6.20 Å². The summed E-state index contributed by atoms with van der Waals surface area (Å²) in [6.45, 7) is 7.58. The van der Waals surface area contributed by atoms with Crippen LogP contribution in [0.15, 0.2) is 18.3 Å². The number of carbonyl (C=O) groups excluding carboxylic acids is 1. The summed E-state index contributed by atoms with van der Waals surface area (Å²) in [5.41, 5.74) is 0. The molecule has 2 fully saturated rings. The molecule has 1 aromatic heterocycles. The minimum atomic E-state index is -0.186. The van der Waals surface area contributed by atoms with E-state index >= 15 is 0 Å². The smallest absolute Gasteiger partial charge is 0.409 e. The molecule has 1 atom stereocenters. The van der Waals surface area contributed by atoms with E-state index in [-0.39, 0.29) is 6.09 Å². The highest BCUT2D eigenvalue weighted by Crippen LogP contribution is 2.25. The maximum Gasteiger partial charge on any atom is 0.409 e. The van der Waals surface area contributed by atoms with Gasteiger partial charge in [-0.3, -0.25) is 4.90 Å². The second-order valence-corrected chi connectivity index (χ2v) is 6.33. The average molecular weight is 339 g/mol. The largest absolute Gasteiger partial charge is 0.450 e. The van der Waals surface area contributed by atoms with Crippen LogP contribution in [0, 0.1) is 0 Å². The maximum atomic E-state index is 11.8. The Morgan fingerprint density at radius 2 is 2.13 bits per heavy atom. The van der Waals surface area contributed by atoms with Gasteiger partial charge in [0.2, 0.25) is 0 Å². The van der Waals surface area contributed by atoms with E-state index in [1.165, 1.54) is 0 Å². The molecule has 7 heteroatoms. The van der Waals surface area contributed by atoms with Crippen molar-refractivity contribution in [1.82, 2.24) is 14.8 Å². The predicted octanol–water partition coefficient (Wildman–Crippen LogP) is 2.09. The van der Waals surface area contributed by atoms with Crippen LogP contribution in [0.4, 0.5) is 10.6 Å². The third kappa shape index (κ3) is 3.70. The molecule has 0 bridgehead atoms. The van der Waals surface area contributed by atoms with E-state index in [2.05, 4.69) is 14.8 Å². The van der Waals surface area contributed by atoms with Crippen LogP contribution in [0.1, 0.15) is 13.3 Å². The Kier molecular flexibility index (Phi) is 5.23. The molecule has 0 saturated carbocycles. The van der Waals surface area contributed by atoms with Crippen LogP contribution < -0.4 is 4.90 Å². The first kappa shape index (κ1) is 16.3. The fraction of sp³-hybridized carbons (Fsp3) is 0.625. The topological polar surface area (TPSA) is 48.9 Å². The molecule has 0 radical (unpaired) electrons. The van der Waals surface area contributed by atoms with Crippen LogP contribution in [0.3, 0.4) is 0 Å². The van der Waals surface area contributed by atoms with Crippen molar-refractivity contribution in [3.63, 3.8) is 0 Å². The van der Waals surface area contributed by atoms with Crippen molar-refractivity contribution in [3.05, 3.63) is 23.4 Å². The van der Waals surface area contributed by atoms with Crippen LogP contribution in [0.2, 0.25) is 5.02 Å². The number of rotatable bonds is 3. The summed E-state index contributed by atoms with van der Waals surface area (Å²) in [4.78, 5) is 22.7. The summed E-state index contributed by atoms with van der Waals surface area (Å²) in [6.07, 6.45) is 2.61. The van der Waals surface area contributed by atoms with Gasteiger partial charge >= 0.3 is 6.09 Å². The zero-order valence-corrected chi connectivity index (χ0v) is 14.2. The lowest BCUT2D eigenvalue weighted by atomic mass is 10.2. The van der Waals surface area contributed by atoms with E-state index in [9.17, 15) is 4.79 Å². The number of piperazine rings is 1. The zero-order chi connectivity index (χ0) is 16.2. The molecule has 1 amide bonds. The molecule has 23 heavy (non-hydrogen) atoms. The number of hydrogen-bond donors (Lipinski definition) is 0. The maximum absolute atomic E-state index is 11.8. The molecule has 6 nitrogen and oxygen atoms in total. The van der Waals surface area contributed by atoms with Gasteiger partial charge in [0, 0.05) is 51.5 Å². The van der Waals surface area contributed by atoms with E-state index in [4.69, 9.17) is 16.3 Å². The Bertz CT molecular complexity index is 549. The molecule has 126 valence electrons. The van der Waals surface area contributed by atoms with Gasteiger partial charge in [-0.05, 0) is 25.5 Å². The third-order valence-electron chi connectivity index (χ3n) is 4.56. The van der Waals surface area contributed by atoms with Crippen LogP contribution in [0.5, 0.6) is 0 Å². The first-order chi connectivity index (χ1) is 11.2. The molecule has 2 aliphatic heterocycles. The predicted molar refractivity (Wildman–Crippen MR) is 90.0 cm³/mol. The van der Waals surface area contributed by atoms with Gasteiger partial charge in [0.1, 0.15) is 5.82 Å². The first-order valence-corrected chi connectivity index (χ1v) is 8.58. The lowest BCUT2D eigenvalue weighted by molar-refractivity contribution is 0.110. The van der Waals surface area contributed by atoms with Gasteiger partial charge in [0.25, 0.3) is 0 Å². The number of pyridine rings is 1. The molecular weight excluding hydrogens is 316 g/mol. The van der Waals surface area contributed by atoms with Gasteiger partial charge in [-0.25, -0.2) is 9.78 Å². The number of ether oxygens (including phenoxy) is 1. The quantitative estimate of drug-likeness (QED) is 0.844. The first-order valence-electron chi connectivity index (χ1n) is 8.20. The molecule has 0 aromatic carbocycles. The molecule has 3 heterocycles. The zero-order valence-electron chi connectivity index (χ0n) is 13.4. The second-order valence-electron chi connectivity index (χ2n) is 5.92. The van der Waals surface area contributed by atoms with Gasteiger partial charge in [-0.2, -0.15) is 0 Å². The van der Waals surface area contributed by atoms with Crippen LogP contribution in [-0.2, 0) is 4.74 Å². The average Bonchev–Trinajstić information content (AvgIpc) is 3.06. The monoisotopic (exact) mass is 338 g/mol. The molecule has 2 aliphatic rings. The lowest BCUT2D eigenvalue weighted by Crippen LogP contribution is -2.51. The van der Waals surface area contributed by atoms with E-state index in [0.29, 0.717) is 17.7 Å². The third-order valence-corrected chi connectivity index (χ3v) is 4.85. The molecule has 3 rings (SSSR count). The second kappa shape index (κ2) is 7.36. The van der Waals surface area contributed by atoms with Crippen molar-refractivity contribution in [2.24, 2.45) is 0 Å². The molecule has 1 aromatic rings. The highest BCUT2D eigenvalue weighted by atomic mass is 35.5. The van der Waals surface area contributed by atoms with E-state index < -0.39 is 0 Å². The molecule has 1 unspecified atom stereocenters. The number of amides is 1. The van der Waals surface area contributed by atoms with Gasteiger partial charge in [-0.1, -0.05) is 11.6 Å². The van der Waals surface area contributed by atoms with Crippen molar-refractivity contribution in [2.45, 2.75) is 19.4 Å². The van der Waals surface area contributed by atoms with Crippen molar-refractivity contribution in [1.29, 1.82) is 0 Å². The van der Waals surface area contributed by atoms with Gasteiger partial charge in [0.05, 0.1) is 11.6 Å². The summed E-state index contributed by atoms with van der Waals surface area (Å²) < 4.78 is 5.09. The number of aromatic nitrogens is 1. The summed E-state index contributed by atoms with van der Waals surface area (Å²) >= 11 is 6.23. The Morgan fingerprint density at radius 3 is 2.83 bits per heavy atom. The minimum Gasteiger partial charge on any atom is -0.450 e. The van der Waals surface area contributed by atoms with Crippen LogP contribution in [0.25, 0.3) is 0 Å². The lowest BCUT2D eigenvalue weighted by Gasteiger charge is -2.38. The highest BCUT2D eigenvalue weighted by Gasteiger charge is 2.33. The van der Waals surface area contributed by atoms with Gasteiger partial charge < -0.3 is 14.5 Å². The Hall–Kier alpha value is -1.53. The molecule has 0 N–H and O–H groups in total. The minimum absolute atomic E-state index is 0.186. The Labute approximate surface area is 142 Å². The number of nitrogens with zero attached hydrogens (tertiary/aromatic N) is 4. The number of hydrogen-bond acceptors (Lipinski definition) is 5. The molecular formula is C16H23ClN4O2. The van der Waals surface area contributed by atoms with Gasteiger partial charge in [-0.15, -0.1) is 0 Å². The van der Waals surface area contributed by atoms with Crippen LogP contribution >= 0.6 is 11.6 Å². The highest BCUT2D eigenvalue weighted by molar-refractivity contribution is 6.32. The van der Waals surface area contributed by atoms with Gasteiger partial charge in [0.15, 0.2) is 0 Å². The normalized spacial score (nSPS) is 22.4. The number of likely N-dealkylation sites (tertiary alicyclic amines) is 1. The Balaban J connectivity index is 1.52. The van der Waals surface area contributed by atoms with Crippen molar-refractivity contribution >= 4 is 23.5 Å². The summed E-state index contributed by atoms with van der Waals surface area (Å²) in [7, 11) is 0. The van der Waals surface area contributed by atoms with Crippen molar-refractivity contribution in [3.8, 4) is 0 Å². The summed E-state index contributed by atoms with van der Waals surface area (Å²) in [5.74, 6) is 0.869. The number of carbonyl (C=O) groups is 1. The molecule has 0 spiro atoms. The summed E-state index contributed by atoms with van der Waals surface area (Å²) in [6, 6.07) is 4.16. The number of halogens is 1. The molecule has 2 saturated heterocycles. The standard InChI is InChI=1S/C16H23ClN4O2/c1-2-23-16(22)21-7-5-13(12-21)19-8-10-20(11-9-19)15-14(17)4-3-6-18-15/h3-4,6,13H,2,5,7-12H2,1H3. The van der Waals surface area contributed by atoms with Crippen molar-refractivity contribution in [2.75, 3.05) is 50.8 Å². The van der Waals surface area contributed by atoms with E-state index in [1.807, 2.05) is 24.0 Å². The molecule has 0 aliphatic carbocycles. The Morgan fingerprint density at radius 1 is 1.35 bits per heavy atom. The van der Waals surface area contributed by atoms with E-state index in [0.717, 1.165) is 51.5 Å². The fourth-order valence-corrected chi connectivity index (χ4v) is 3.57. The summed E-state index contributed by atoms with van der Waals surface area (Å²) in [5, 5.41) is 0.704. The van der Waals surface area contributed by atoms with Crippen molar-refractivity contribution < 1.29 is 9.53 Å². The van der Waals surface area contributed by atoms with Crippen LogP contribution in [-0.4, -0.2) is 72.8 Å². The SMILES string of the molecule is CCOC(=O)N1CCC(N2CCN(c3ncccc3Cl)CC2)C1. The fourth-order valence-electron chi connectivity index (χ4n) is 3.33.